The topological polar surface area (TPSA) is 90.1 Å². The standard InChI is InChI=1S/C20H15FN4O3S/c21-14-4-8-15(9-5-14)24-20(17-11-29-12-18(17)23-24)22-19(26)10-3-13-1-6-16(7-2-13)25(27)28/h1-10H,11-12H2,(H,22,26)/b10-3-. The number of aromatic nitrogens is 2. The second kappa shape index (κ2) is 7.88. The number of nitro groups is 1. The lowest BCUT2D eigenvalue weighted by Crippen LogP contribution is -2.13. The highest BCUT2D eigenvalue weighted by molar-refractivity contribution is 7.98. The van der Waals surface area contributed by atoms with Gasteiger partial charge >= 0.3 is 0 Å². The highest BCUT2D eigenvalue weighted by atomic mass is 32.2. The third-order valence-corrected chi connectivity index (χ3v) is 5.37. The normalized spacial score (nSPS) is 12.9. The molecule has 0 spiro atoms. The first kappa shape index (κ1) is 18.9. The number of nitrogens with one attached hydrogen (secondary N) is 1. The van der Waals surface area contributed by atoms with E-state index in [1.54, 1.807) is 46.8 Å². The van der Waals surface area contributed by atoms with Gasteiger partial charge in [0.25, 0.3) is 5.69 Å². The van der Waals surface area contributed by atoms with Crippen molar-refractivity contribution in [2.75, 3.05) is 5.32 Å². The number of halogens is 1. The minimum atomic E-state index is -0.477. The van der Waals surface area contributed by atoms with Crippen LogP contribution in [0.15, 0.2) is 54.6 Å². The fourth-order valence-corrected chi connectivity index (χ4v) is 3.98. The van der Waals surface area contributed by atoms with Crippen LogP contribution in [0.4, 0.5) is 15.9 Å². The molecule has 9 heteroatoms. The van der Waals surface area contributed by atoms with Crippen LogP contribution < -0.4 is 5.32 Å². The van der Waals surface area contributed by atoms with Gasteiger partial charge in [0.2, 0.25) is 5.91 Å². The molecule has 1 aliphatic rings. The van der Waals surface area contributed by atoms with E-state index in [-0.39, 0.29) is 17.4 Å². The first-order chi connectivity index (χ1) is 14.0. The first-order valence-corrected chi connectivity index (χ1v) is 9.85. The lowest BCUT2D eigenvalue weighted by Gasteiger charge is -2.10. The van der Waals surface area contributed by atoms with E-state index in [1.807, 2.05) is 0 Å². The van der Waals surface area contributed by atoms with E-state index in [2.05, 4.69) is 10.4 Å². The Hall–Kier alpha value is -3.46. The number of nitro benzene ring substituents is 1. The summed E-state index contributed by atoms with van der Waals surface area (Å²) in [4.78, 5) is 22.7. The van der Waals surface area contributed by atoms with Crippen LogP contribution in [0.1, 0.15) is 16.8 Å². The van der Waals surface area contributed by atoms with Crippen molar-refractivity contribution in [1.29, 1.82) is 0 Å². The SMILES string of the molecule is O=C(/C=C\c1ccc([N+](=O)[O-])cc1)Nc1c2c(nn1-c1ccc(F)cc1)CSC2. The third-order valence-electron chi connectivity index (χ3n) is 4.40. The maximum absolute atomic E-state index is 13.3. The van der Waals surface area contributed by atoms with Crippen molar-refractivity contribution >= 4 is 35.3 Å². The molecule has 1 aliphatic heterocycles. The van der Waals surface area contributed by atoms with Gasteiger partial charge in [0.1, 0.15) is 11.6 Å². The van der Waals surface area contributed by atoms with Crippen molar-refractivity contribution in [3.8, 4) is 5.69 Å². The predicted molar refractivity (Wildman–Crippen MR) is 109 cm³/mol. The zero-order chi connectivity index (χ0) is 20.4. The number of rotatable bonds is 5. The summed E-state index contributed by atoms with van der Waals surface area (Å²) in [6.45, 7) is 0. The second-order valence-electron chi connectivity index (χ2n) is 6.33. The Bertz CT molecular complexity index is 1110. The number of hydrogen-bond acceptors (Lipinski definition) is 5. The minimum Gasteiger partial charge on any atom is -0.307 e. The number of thioether (sulfide) groups is 1. The molecule has 0 saturated heterocycles. The van der Waals surface area contributed by atoms with Crippen molar-refractivity contribution in [1.82, 2.24) is 9.78 Å². The summed E-state index contributed by atoms with van der Waals surface area (Å²) in [5.74, 6) is 1.35. The van der Waals surface area contributed by atoms with Gasteiger partial charge in [-0.2, -0.15) is 16.9 Å². The molecule has 0 saturated carbocycles. The summed E-state index contributed by atoms with van der Waals surface area (Å²) in [5.41, 5.74) is 3.16. The predicted octanol–water partition coefficient (Wildman–Crippen LogP) is 4.32. The average Bonchev–Trinajstić information content (AvgIpc) is 3.30. The van der Waals surface area contributed by atoms with Crippen LogP contribution in [-0.2, 0) is 16.3 Å². The Balaban J connectivity index is 1.56. The molecule has 1 N–H and O–H groups in total. The number of non-ortho nitro benzene ring substituents is 1. The van der Waals surface area contributed by atoms with Crippen LogP contribution in [0.2, 0.25) is 0 Å². The lowest BCUT2D eigenvalue weighted by atomic mass is 10.2. The third kappa shape index (κ3) is 4.04. The Labute approximate surface area is 169 Å². The van der Waals surface area contributed by atoms with E-state index >= 15 is 0 Å². The molecule has 2 aromatic carbocycles. The molecule has 0 atom stereocenters. The van der Waals surface area contributed by atoms with Crippen LogP contribution in [0.25, 0.3) is 11.8 Å². The molecule has 0 fully saturated rings. The van der Waals surface area contributed by atoms with Gasteiger partial charge < -0.3 is 5.32 Å². The number of benzene rings is 2. The number of carbonyl (C=O) groups is 1. The highest BCUT2D eigenvalue weighted by Crippen LogP contribution is 2.36. The van der Waals surface area contributed by atoms with E-state index in [0.29, 0.717) is 17.1 Å². The fraction of sp³-hybridized carbons (Fsp3) is 0.100. The molecule has 4 rings (SSSR count). The largest absolute Gasteiger partial charge is 0.307 e. The van der Waals surface area contributed by atoms with Gasteiger partial charge in [0, 0.05) is 35.3 Å². The van der Waals surface area contributed by atoms with Crippen LogP contribution in [-0.4, -0.2) is 20.6 Å². The van der Waals surface area contributed by atoms with Crippen LogP contribution >= 0.6 is 11.8 Å². The molecule has 29 heavy (non-hydrogen) atoms. The Morgan fingerprint density at radius 2 is 1.90 bits per heavy atom. The maximum Gasteiger partial charge on any atom is 0.269 e. The molecule has 1 amide bonds. The zero-order valence-corrected chi connectivity index (χ0v) is 15.9. The number of nitrogens with zero attached hydrogens (tertiary/aromatic N) is 3. The molecule has 7 nitrogen and oxygen atoms in total. The summed E-state index contributed by atoms with van der Waals surface area (Å²) in [5, 5.41) is 18.1. The molecule has 0 bridgehead atoms. The van der Waals surface area contributed by atoms with Crippen molar-refractivity contribution in [2.45, 2.75) is 11.5 Å². The lowest BCUT2D eigenvalue weighted by molar-refractivity contribution is -0.384. The summed E-state index contributed by atoms with van der Waals surface area (Å²) in [6.07, 6.45) is 2.93. The van der Waals surface area contributed by atoms with Gasteiger partial charge in [-0.1, -0.05) is 0 Å². The van der Waals surface area contributed by atoms with E-state index in [0.717, 1.165) is 22.8 Å². The van der Waals surface area contributed by atoms with Crippen molar-refractivity contribution in [3.05, 3.63) is 87.4 Å². The Morgan fingerprint density at radius 1 is 1.17 bits per heavy atom. The van der Waals surface area contributed by atoms with Crippen LogP contribution in [0, 0.1) is 15.9 Å². The summed E-state index contributed by atoms with van der Waals surface area (Å²) in [7, 11) is 0. The van der Waals surface area contributed by atoms with E-state index in [1.165, 1.54) is 30.3 Å². The number of amides is 1. The quantitative estimate of drug-likeness (QED) is 0.384. The maximum atomic E-state index is 13.3. The summed E-state index contributed by atoms with van der Waals surface area (Å²) in [6, 6.07) is 11.8. The van der Waals surface area contributed by atoms with E-state index < -0.39 is 4.92 Å². The first-order valence-electron chi connectivity index (χ1n) is 8.69. The average molecular weight is 410 g/mol. The summed E-state index contributed by atoms with van der Waals surface area (Å²) < 4.78 is 14.9. The molecule has 0 radical (unpaired) electrons. The molecular formula is C20H15FN4O3S. The summed E-state index contributed by atoms with van der Waals surface area (Å²) >= 11 is 1.71. The van der Waals surface area contributed by atoms with Gasteiger partial charge in [0.05, 0.1) is 16.3 Å². The minimum absolute atomic E-state index is 0.0112. The molecule has 0 unspecified atom stereocenters. The molecule has 1 aromatic heterocycles. The van der Waals surface area contributed by atoms with Gasteiger partial charge in [0.15, 0.2) is 0 Å². The van der Waals surface area contributed by atoms with E-state index in [9.17, 15) is 19.3 Å². The van der Waals surface area contributed by atoms with Gasteiger partial charge in [-0.05, 0) is 48.0 Å². The van der Waals surface area contributed by atoms with Crippen molar-refractivity contribution in [3.63, 3.8) is 0 Å². The van der Waals surface area contributed by atoms with Crippen LogP contribution in [0.5, 0.6) is 0 Å². The second-order valence-corrected chi connectivity index (χ2v) is 7.31. The Kier molecular flexibility index (Phi) is 5.13. The molecule has 2 heterocycles. The van der Waals surface area contributed by atoms with Gasteiger partial charge in [-0.15, -0.1) is 0 Å². The number of anilines is 1. The monoisotopic (exact) mass is 410 g/mol. The number of hydrogen-bond donors (Lipinski definition) is 1. The van der Waals surface area contributed by atoms with E-state index in [4.69, 9.17) is 0 Å². The van der Waals surface area contributed by atoms with Gasteiger partial charge in [-0.3, -0.25) is 14.9 Å². The number of carbonyl (C=O) groups excluding carboxylic acids is 1. The molecule has 0 aliphatic carbocycles. The molecular weight excluding hydrogens is 395 g/mol. The van der Waals surface area contributed by atoms with Crippen molar-refractivity contribution < 1.29 is 14.1 Å². The van der Waals surface area contributed by atoms with Crippen LogP contribution in [0.3, 0.4) is 0 Å². The fourth-order valence-electron chi connectivity index (χ4n) is 2.95. The zero-order valence-electron chi connectivity index (χ0n) is 15.0. The van der Waals surface area contributed by atoms with Gasteiger partial charge in [-0.25, -0.2) is 9.07 Å². The molecule has 3 aromatic rings. The smallest absolute Gasteiger partial charge is 0.269 e. The Morgan fingerprint density at radius 3 is 2.59 bits per heavy atom. The van der Waals surface area contributed by atoms with Crippen molar-refractivity contribution in [2.24, 2.45) is 0 Å². The highest BCUT2D eigenvalue weighted by Gasteiger charge is 2.24. The molecule has 146 valence electrons. The number of fused-ring (bicyclic) bond motifs is 1.